The van der Waals surface area contributed by atoms with Crippen LogP contribution in [0.3, 0.4) is 0 Å². The molecule has 8 heteroatoms. The molecule has 0 aliphatic carbocycles. The molecule has 0 aliphatic heterocycles. The molecule has 33 heavy (non-hydrogen) atoms. The number of nitrogens with zero attached hydrogens (tertiary/aromatic N) is 1. The summed E-state index contributed by atoms with van der Waals surface area (Å²) < 4.78 is 36.9. The highest BCUT2D eigenvalue weighted by Crippen LogP contribution is 2.22. The van der Waals surface area contributed by atoms with E-state index >= 15 is 0 Å². The van der Waals surface area contributed by atoms with Gasteiger partial charge in [0.05, 0.1) is 18.6 Å². The molecule has 3 aromatic rings. The van der Waals surface area contributed by atoms with Gasteiger partial charge >= 0.3 is 0 Å². The molecule has 0 atom stereocenters. The Hall–Kier alpha value is -3.52. The molecule has 7 nitrogen and oxygen atoms in total. The summed E-state index contributed by atoms with van der Waals surface area (Å²) in [4.78, 5) is 12.5. The average Bonchev–Trinajstić information content (AvgIpc) is 2.81. The molecule has 0 saturated carbocycles. The topological polar surface area (TPSA) is 84.9 Å². The molecule has 1 N–H and O–H groups in total. The summed E-state index contributed by atoms with van der Waals surface area (Å²) >= 11 is 0. The van der Waals surface area contributed by atoms with Gasteiger partial charge in [0.1, 0.15) is 24.7 Å². The molecular formula is C25H28N2O5S. The summed E-state index contributed by atoms with van der Waals surface area (Å²) in [6.07, 6.45) is 1.08. The predicted molar refractivity (Wildman–Crippen MR) is 129 cm³/mol. The number of hydrogen-bond donors (Lipinski definition) is 1. The molecule has 0 radical (unpaired) electrons. The predicted octanol–water partition coefficient (Wildman–Crippen LogP) is 3.75. The zero-order valence-electron chi connectivity index (χ0n) is 18.7. The monoisotopic (exact) mass is 468 g/mol. The van der Waals surface area contributed by atoms with Crippen molar-refractivity contribution in [2.24, 2.45) is 0 Å². The standard InChI is InChI=1S/C25H28N2O5S/c1-3-31-23-13-9-20(10-14-23)17-26-25(28)18-27(33(2,29)30)22-11-15-24(16-12-22)32-19-21-7-5-4-6-8-21/h4-16H,3,17-19H2,1-2H3,(H,26,28). The van der Waals surface area contributed by atoms with Crippen LogP contribution in [-0.2, 0) is 28.0 Å². The van der Waals surface area contributed by atoms with Gasteiger partial charge in [0, 0.05) is 6.54 Å². The molecule has 3 rings (SSSR count). The second-order valence-corrected chi connectivity index (χ2v) is 9.30. The number of hydrogen-bond acceptors (Lipinski definition) is 5. The number of carbonyl (C=O) groups excluding carboxylic acids is 1. The van der Waals surface area contributed by atoms with Crippen molar-refractivity contribution in [2.45, 2.75) is 20.1 Å². The Labute approximate surface area is 195 Å². The van der Waals surface area contributed by atoms with Crippen molar-refractivity contribution in [1.82, 2.24) is 5.32 Å². The Bertz CT molecular complexity index is 1130. The summed E-state index contributed by atoms with van der Waals surface area (Å²) in [6.45, 7) is 2.86. The van der Waals surface area contributed by atoms with E-state index in [9.17, 15) is 13.2 Å². The minimum atomic E-state index is -3.66. The Balaban J connectivity index is 1.59. The van der Waals surface area contributed by atoms with Crippen LogP contribution in [0, 0.1) is 0 Å². The van der Waals surface area contributed by atoms with Gasteiger partial charge in [-0.1, -0.05) is 42.5 Å². The van der Waals surface area contributed by atoms with Crippen LogP contribution in [0.2, 0.25) is 0 Å². The maximum absolute atomic E-state index is 12.5. The minimum Gasteiger partial charge on any atom is -0.494 e. The summed E-state index contributed by atoms with van der Waals surface area (Å²) in [5.41, 5.74) is 2.31. The first-order valence-electron chi connectivity index (χ1n) is 10.6. The normalized spacial score (nSPS) is 11.0. The summed E-state index contributed by atoms with van der Waals surface area (Å²) in [7, 11) is -3.66. The van der Waals surface area contributed by atoms with Gasteiger partial charge in [-0.05, 0) is 54.4 Å². The maximum atomic E-state index is 12.5. The number of benzene rings is 3. The fraction of sp³-hybridized carbons (Fsp3) is 0.240. The second kappa shape index (κ2) is 11.4. The number of anilines is 1. The largest absolute Gasteiger partial charge is 0.494 e. The van der Waals surface area contributed by atoms with Crippen molar-refractivity contribution in [3.63, 3.8) is 0 Å². The van der Waals surface area contributed by atoms with E-state index in [2.05, 4.69) is 5.32 Å². The highest BCUT2D eigenvalue weighted by atomic mass is 32.2. The van der Waals surface area contributed by atoms with Crippen LogP contribution in [0.5, 0.6) is 11.5 Å². The van der Waals surface area contributed by atoms with Crippen molar-refractivity contribution >= 4 is 21.6 Å². The van der Waals surface area contributed by atoms with Crippen molar-refractivity contribution in [3.8, 4) is 11.5 Å². The summed E-state index contributed by atoms with van der Waals surface area (Å²) in [5.74, 6) is 0.960. The number of carbonyl (C=O) groups is 1. The first-order chi connectivity index (χ1) is 15.8. The Morgan fingerprint density at radius 1 is 0.848 bits per heavy atom. The highest BCUT2D eigenvalue weighted by Gasteiger charge is 2.20. The molecule has 174 valence electrons. The Morgan fingerprint density at radius 2 is 1.45 bits per heavy atom. The average molecular weight is 469 g/mol. The van der Waals surface area contributed by atoms with Gasteiger partial charge in [-0.2, -0.15) is 0 Å². The van der Waals surface area contributed by atoms with Gasteiger partial charge < -0.3 is 14.8 Å². The lowest BCUT2D eigenvalue weighted by atomic mass is 10.2. The quantitative estimate of drug-likeness (QED) is 0.463. The third-order valence-corrected chi connectivity index (χ3v) is 5.93. The fourth-order valence-electron chi connectivity index (χ4n) is 3.11. The van der Waals surface area contributed by atoms with Gasteiger partial charge in [0.15, 0.2) is 0 Å². The van der Waals surface area contributed by atoms with E-state index in [1.807, 2.05) is 61.5 Å². The van der Waals surface area contributed by atoms with Crippen molar-refractivity contribution in [1.29, 1.82) is 0 Å². The lowest BCUT2D eigenvalue weighted by molar-refractivity contribution is -0.119. The van der Waals surface area contributed by atoms with E-state index in [1.54, 1.807) is 24.3 Å². The SMILES string of the molecule is CCOc1ccc(CNC(=O)CN(c2ccc(OCc3ccccc3)cc2)S(C)(=O)=O)cc1. The van der Waals surface area contributed by atoms with Crippen LogP contribution in [0.1, 0.15) is 18.1 Å². The lowest BCUT2D eigenvalue weighted by Crippen LogP contribution is -2.40. The Kier molecular flexibility index (Phi) is 8.32. The van der Waals surface area contributed by atoms with Crippen molar-refractivity contribution < 1.29 is 22.7 Å². The van der Waals surface area contributed by atoms with Crippen LogP contribution >= 0.6 is 0 Å². The first-order valence-corrected chi connectivity index (χ1v) is 12.4. The van der Waals surface area contributed by atoms with E-state index in [0.717, 1.165) is 27.4 Å². The smallest absolute Gasteiger partial charge is 0.241 e. The summed E-state index contributed by atoms with van der Waals surface area (Å²) in [5, 5.41) is 2.76. The van der Waals surface area contributed by atoms with E-state index in [4.69, 9.17) is 9.47 Å². The zero-order chi connectivity index (χ0) is 23.7. The third-order valence-electron chi connectivity index (χ3n) is 4.78. The van der Waals surface area contributed by atoms with Gasteiger partial charge in [0.25, 0.3) is 0 Å². The number of ether oxygens (including phenoxy) is 2. The molecule has 0 saturated heterocycles. The lowest BCUT2D eigenvalue weighted by Gasteiger charge is -2.22. The Morgan fingerprint density at radius 3 is 2.06 bits per heavy atom. The molecule has 0 fully saturated rings. The molecule has 0 aromatic heterocycles. The summed E-state index contributed by atoms with van der Waals surface area (Å²) in [6, 6.07) is 23.7. The number of rotatable bonds is 11. The number of nitrogens with one attached hydrogen (secondary N) is 1. The molecule has 0 heterocycles. The number of amides is 1. The van der Waals surface area contributed by atoms with E-state index in [1.165, 1.54) is 0 Å². The maximum Gasteiger partial charge on any atom is 0.241 e. The van der Waals surface area contributed by atoms with Crippen LogP contribution in [0.4, 0.5) is 5.69 Å². The molecule has 0 aliphatic rings. The molecule has 0 spiro atoms. The van der Waals surface area contributed by atoms with Gasteiger partial charge in [-0.25, -0.2) is 8.42 Å². The van der Waals surface area contributed by atoms with Crippen LogP contribution in [-0.4, -0.2) is 33.7 Å². The van der Waals surface area contributed by atoms with E-state index in [0.29, 0.717) is 24.7 Å². The number of sulfonamides is 1. The van der Waals surface area contributed by atoms with Crippen molar-refractivity contribution in [2.75, 3.05) is 23.7 Å². The van der Waals surface area contributed by atoms with Crippen LogP contribution in [0.25, 0.3) is 0 Å². The third kappa shape index (κ3) is 7.54. The molecular weight excluding hydrogens is 440 g/mol. The molecule has 1 amide bonds. The molecule has 0 unspecified atom stereocenters. The minimum absolute atomic E-state index is 0.287. The van der Waals surface area contributed by atoms with Gasteiger partial charge in [-0.15, -0.1) is 0 Å². The fourth-order valence-corrected chi connectivity index (χ4v) is 3.96. The first kappa shape index (κ1) is 24.1. The van der Waals surface area contributed by atoms with Crippen LogP contribution in [0.15, 0.2) is 78.9 Å². The van der Waals surface area contributed by atoms with E-state index in [-0.39, 0.29) is 13.1 Å². The molecule has 3 aromatic carbocycles. The van der Waals surface area contributed by atoms with Gasteiger partial charge in [-0.3, -0.25) is 9.10 Å². The molecule has 0 bridgehead atoms. The van der Waals surface area contributed by atoms with Gasteiger partial charge in [0.2, 0.25) is 15.9 Å². The zero-order valence-corrected chi connectivity index (χ0v) is 19.5. The van der Waals surface area contributed by atoms with Crippen LogP contribution < -0.4 is 19.1 Å². The second-order valence-electron chi connectivity index (χ2n) is 7.39. The van der Waals surface area contributed by atoms with E-state index < -0.39 is 15.9 Å². The highest BCUT2D eigenvalue weighted by molar-refractivity contribution is 7.92. The van der Waals surface area contributed by atoms with Crippen molar-refractivity contribution in [3.05, 3.63) is 90.0 Å².